The minimum atomic E-state index is -0.0135. The molecule has 0 aliphatic heterocycles. The van der Waals surface area contributed by atoms with Crippen molar-refractivity contribution in [3.05, 3.63) is 70.5 Å². The van der Waals surface area contributed by atoms with Gasteiger partial charge in [-0.1, -0.05) is 47.6 Å². The molecule has 6 nitrogen and oxygen atoms in total. The van der Waals surface area contributed by atoms with Crippen LogP contribution in [-0.4, -0.2) is 26.8 Å². The summed E-state index contributed by atoms with van der Waals surface area (Å²) in [6, 6.07) is 15.5. The fourth-order valence-corrected chi connectivity index (χ4v) is 4.11. The zero-order valence-electron chi connectivity index (χ0n) is 15.7. The van der Waals surface area contributed by atoms with Crippen molar-refractivity contribution in [3.8, 4) is 5.75 Å². The largest absolute Gasteiger partial charge is 0.486 e. The lowest BCUT2D eigenvalue weighted by molar-refractivity contribution is -0.119. The number of amides is 1. The first-order valence-corrected chi connectivity index (χ1v) is 10.8. The number of H-pyrrole nitrogens is 1. The molecule has 0 fully saturated rings. The number of hydrogen-bond donors (Lipinski definition) is 2. The Hall–Kier alpha value is -2.51. The van der Waals surface area contributed by atoms with Crippen molar-refractivity contribution in [2.24, 2.45) is 0 Å². The number of benzene rings is 2. The van der Waals surface area contributed by atoms with Gasteiger partial charge >= 0.3 is 0 Å². The Labute approximate surface area is 178 Å². The highest BCUT2D eigenvalue weighted by atomic mass is 35.5. The van der Waals surface area contributed by atoms with Crippen LogP contribution in [0.1, 0.15) is 35.8 Å². The first-order valence-electron chi connectivity index (χ1n) is 9.47. The SMILES string of the molecule is O=C(CSc1n[nH]c(COc2ccc(Cl)cc2)n1)NC1CCCc2ccccc21. The van der Waals surface area contributed by atoms with Crippen LogP contribution in [0.2, 0.25) is 5.02 Å². The molecule has 29 heavy (non-hydrogen) atoms. The number of ether oxygens (including phenoxy) is 1. The van der Waals surface area contributed by atoms with Gasteiger partial charge in [0.15, 0.2) is 5.82 Å². The third-order valence-electron chi connectivity index (χ3n) is 4.74. The summed E-state index contributed by atoms with van der Waals surface area (Å²) in [4.78, 5) is 16.8. The van der Waals surface area contributed by atoms with Gasteiger partial charge in [-0.15, -0.1) is 5.10 Å². The van der Waals surface area contributed by atoms with E-state index in [1.54, 1.807) is 24.3 Å². The molecule has 1 aliphatic rings. The number of carbonyl (C=O) groups excluding carboxylic acids is 1. The van der Waals surface area contributed by atoms with Crippen LogP contribution in [0.3, 0.4) is 0 Å². The highest BCUT2D eigenvalue weighted by Crippen LogP contribution is 2.29. The maximum absolute atomic E-state index is 12.4. The summed E-state index contributed by atoms with van der Waals surface area (Å²) >= 11 is 7.16. The van der Waals surface area contributed by atoms with Gasteiger partial charge in [-0.3, -0.25) is 9.89 Å². The zero-order valence-corrected chi connectivity index (χ0v) is 17.3. The average Bonchev–Trinajstić information content (AvgIpc) is 3.20. The minimum absolute atomic E-state index is 0.0135. The second-order valence-electron chi connectivity index (χ2n) is 6.81. The molecule has 4 rings (SSSR count). The maximum atomic E-state index is 12.4. The van der Waals surface area contributed by atoms with Crippen molar-refractivity contribution in [2.45, 2.75) is 37.1 Å². The second kappa shape index (κ2) is 9.33. The van der Waals surface area contributed by atoms with Gasteiger partial charge in [-0.05, 0) is 54.7 Å². The zero-order chi connectivity index (χ0) is 20.1. The van der Waals surface area contributed by atoms with Crippen LogP contribution >= 0.6 is 23.4 Å². The predicted octanol–water partition coefficient (Wildman–Crippen LogP) is 4.32. The van der Waals surface area contributed by atoms with Gasteiger partial charge in [0.05, 0.1) is 11.8 Å². The Morgan fingerprint density at radius 1 is 1.24 bits per heavy atom. The van der Waals surface area contributed by atoms with Crippen LogP contribution in [0.5, 0.6) is 5.75 Å². The van der Waals surface area contributed by atoms with Crippen molar-refractivity contribution in [1.82, 2.24) is 20.5 Å². The lowest BCUT2D eigenvalue weighted by Gasteiger charge is -2.26. The maximum Gasteiger partial charge on any atom is 0.230 e. The molecule has 1 amide bonds. The quantitative estimate of drug-likeness (QED) is 0.548. The van der Waals surface area contributed by atoms with Gasteiger partial charge in [0, 0.05) is 5.02 Å². The molecule has 1 aromatic heterocycles. The lowest BCUT2D eigenvalue weighted by Crippen LogP contribution is -2.32. The number of aryl methyl sites for hydroxylation is 1. The van der Waals surface area contributed by atoms with Crippen LogP contribution in [0.15, 0.2) is 53.7 Å². The van der Waals surface area contributed by atoms with E-state index in [1.807, 2.05) is 6.07 Å². The molecule has 0 saturated carbocycles. The van der Waals surface area contributed by atoms with Gasteiger partial charge in [0.1, 0.15) is 12.4 Å². The minimum Gasteiger partial charge on any atom is -0.486 e. The molecule has 0 radical (unpaired) electrons. The second-order valence-corrected chi connectivity index (χ2v) is 8.19. The Kier molecular flexibility index (Phi) is 6.36. The van der Waals surface area contributed by atoms with Crippen molar-refractivity contribution in [1.29, 1.82) is 0 Å². The van der Waals surface area contributed by atoms with E-state index in [0.717, 1.165) is 19.3 Å². The number of halogens is 1. The Balaban J connectivity index is 1.25. The number of rotatable bonds is 7. The molecule has 2 N–H and O–H groups in total. The summed E-state index contributed by atoms with van der Waals surface area (Å²) in [6.07, 6.45) is 3.14. The highest BCUT2D eigenvalue weighted by molar-refractivity contribution is 7.99. The molecule has 150 valence electrons. The number of nitrogens with one attached hydrogen (secondary N) is 2. The standard InChI is InChI=1S/C21H21ClN4O2S/c22-15-8-10-16(11-9-15)28-12-19-24-21(26-25-19)29-13-20(27)23-18-7-3-5-14-4-1-2-6-17(14)18/h1-2,4,6,8-11,18H,3,5,7,12-13H2,(H,23,27)(H,24,25,26). The van der Waals surface area contributed by atoms with Gasteiger partial charge < -0.3 is 10.1 Å². The molecule has 1 unspecified atom stereocenters. The van der Waals surface area contributed by atoms with Crippen LogP contribution < -0.4 is 10.1 Å². The smallest absolute Gasteiger partial charge is 0.230 e. The third-order valence-corrected chi connectivity index (χ3v) is 5.84. The Morgan fingerprint density at radius 2 is 2.07 bits per heavy atom. The summed E-state index contributed by atoms with van der Waals surface area (Å²) < 4.78 is 5.64. The van der Waals surface area contributed by atoms with Crippen LogP contribution in [0, 0.1) is 0 Å². The number of fused-ring (bicyclic) bond motifs is 1. The summed E-state index contributed by atoms with van der Waals surface area (Å²) in [5, 5.41) is 11.3. The molecule has 1 aliphatic carbocycles. The monoisotopic (exact) mass is 428 g/mol. The van der Waals surface area contributed by atoms with Crippen molar-refractivity contribution >= 4 is 29.3 Å². The van der Waals surface area contributed by atoms with Crippen LogP contribution in [0.4, 0.5) is 0 Å². The first kappa shape index (κ1) is 19.8. The van der Waals surface area contributed by atoms with Crippen molar-refractivity contribution in [3.63, 3.8) is 0 Å². The molecular weight excluding hydrogens is 408 g/mol. The van der Waals surface area contributed by atoms with Gasteiger partial charge in [-0.25, -0.2) is 4.98 Å². The highest BCUT2D eigenvalue weighted by Gasteiger charge is 2.21. The summed E-state index contributed by atoms with van der Waals surface area (Å²) in [5.41, 5.74) is 2.56. The fraction of sp³-hybridized carbons (Fsp3) is 0.286. The van der Waals surface area contributed by atoms with E-state index < -0.39 is 0 Å². The molecular formula is C21H21ClN4O2S. The van der Waals surface area contributed by atoms with Crippen molar-refractivity contribution in [2.75, 3.05) is 5.75 Å². The van der Waals surface area contributed by atoms with E-state index in [4.69, 9.17) is 16.3 Å². The number of carbonyl (C=O) groups is 1. The number of hydrogen-bond acceptors (Lipinski definition) is 5. The van der Waals surface area contributed by atoms with E-state index in [0.29, 0.717) is 21.8 Å². The lowest BCUT2D eigenvalue weighted by atomic mass is 9.88. The molecule has 3 aromatic rings. The molecule has 1 heterocycles. The molecule has 2 aromatic carbocycles. The van der Waals surface area contributed by atoms with Gasteiger partial charge in [0.2, 0.25) is 11.1 Å². The normalized spacial score (nSPS) is 15.6. The first-order chi connectivity index (χ1) is 14.2. The van der Waals surface area contributed by atoms with Gasteiger partial charge in [-0.2, -0.15) is 0 Å². The summed E-state index contributed by atoms with van der Waals surface area (Å²) in [6.45, 7) is 0.264. The van der Waals surface area contributed by atoms with E-state index in [1.165, 1.54) is 22.9 Å². The number of nitrogens with zero attached hydrogens (tertiary/aromatic N) is 2. The number of aromatic nitrogens is 3. The number of thioether (sulfide) groups is 1. The third kappa shape index (κ3) is 5.31. The molecule has 0 spiro atoms. The van der Waals surface area contributed by atoms with Crippen LogP contribution in [-0.2, 0) is 17.8 Å². The van der Waals surface area contributed by atoms with E-state index >= 15 is 0 Å². The molecule has 1 atom stereocenters. The topological polar surface area (TPSA) is 79.9 Å². The summed E-state index contributed by atoms with van der Waals surface area (Å²) in [5.74, 6) is 1.56. The Morgan fingerprint density at radius 3 is 2.93 bits per heavy atom. The Bertz CT molecular complexity index is 977. The molecule has 0 saturated heterocycles. The number of aromatic amines is 1. The fourth-order valence-electron chi connectivity index (χ4n) is 3.36. The summed E-state index contributed by atoms with van der Waals surface area (Å²) in [7, 11) is 0. The predicted molar refractivity (Wildman–Crippen MR) is 113 cm³/mol. The van der Waals surface area contributed by atoms with E-state index in [2.05, 4.69) is 38.7 Å². The van der Waals surface area contributed by atoms with Gasteiger partial charge in [0.25, 0.3) is 0 Å². The van der Waals surface area contributed by atoms with E-state index in [9.17, 15) is 4.79 Å². The van der Waals surface area contributed by atoms with Crippen molar-refractivity contribution < 1.29 is 9.53 Å². The molecule has 0 bridgehead atoms. The van der Waals surface area contributed by atoms with Crippen LogP contribution in [0.25, 0.3) is 0 Å². The average molecular weight is 429 g/mol. The van der Waals surface area contributed by atoms with E-state index in [-0.39, 0.29) is 24.3 Å². The molecule has 8 heteroatoms.